The Bertz CT molecular complexity index is 529. The number of halogens is 3. The highest BCUT2D eigenvalue weighted by molar-refractivity contribution is 5.88. The van der Waals surface area contributed by atoms with Crippen LogP contribution in [0.4, 0.5) is 13.2 Å². The molecule has 24 heavy (non-hydrogen) atoms. The average molecular weight is 347 g/mol. The molecule has 0 saturated heterocycles. The van der Waals surface area contributed by atoms with Crippen LogP contribution in [0.5, 0.6) is 5.75 Å². The lowest BCUT2D eigenvalue weighted by molar-refractivity contribution is -0.201. The minimum atomic E-state index is -5.16. The van der Waals surface area contributed by atoms with Gasteiger partial charge in [0.1, 0.15) is 5.75 Å². The third-order valence-corrected chi connectivity index (χ3v) is 2.96. The predicted molar refractivity (Wildman–Crippen MR) is 80.3 cm³/mol. The molecule has 5 nitrogen and oxygen atoms in total. The monoisotopic (exact) mass is 347 g/mol. The van der Waals surface area contributed by atoms with Gasteiger partial charge in [0, 0.05) is 13.1 Å². The molecule has 0 fully saturated rings. The van der Waals surface area contributed by atoms with Crippen molar-refractivity contribution in [3.63, 3.8) is 0 Å². The minimum Gasteiger partial charge on any atom is -0.494 e. The topological polar surface area (TPSA) is 64.6 Å². The fourth-order valence-electron chi connectivity index (χ4n) is 1.67. The largest absolute Gasteiger partial charge is 0.494 e. The molecular formula is C16H20F3NO4. The van der Waals surface area contributed by atoms with Crippen LogP contribution in [0.2, 0.25) is 0 Å². The van der Waals surface area contributed by atoms with E-state index in [1.54, 1.807) is 0 Å². The van der Waals surface area contributed by atoms with Crippen LogP contribution in [0.25, 0.3) is 0 Å². The number of nitrogens with one attached hydrogen (secondary N) is 1. The molecule has 0 bridgehead atoms. The molecule has 0 aliphatic heterocycles. The van der Waals surface area contributed by atoms with Crippen molar-refractivity contribution in [3.05, 3.63) is 29.8 Å². The summed E-state index contributed by atoms with van der Waals surface area (Å²) in [6.45, 7) is 3.26. The summed E-state index contributed by atoms with van der Waals surface area (Å²) in [7, 11) is 0. The van der Waals surface area contributed by atoms with E-state index in [2.05, 4.69) is 17.0 Å². The molecule has 1 rings (SSSR count). The van der Waals surface area contributed by atoms with Gasteiger partial charge in [-0.1, -0.05) is 25.5 Å². The number of hydrogen-bond acceptors (Lipinski definition) is 5. The smallest absolute Gasteiger partial charge is 0.491 e. The van der Waals surface area contributed by atoms with E-state index >= 15 is 0 Å². The highest BCUT2D eigenvalue weighted by Gasteiger charge is 2.42. The van der Waals surface area contributed by atoms with Gasteiger partial charge >= 0.3 is 18.1 Å². The average Bonchev–Trinajstić information content (AvgIpc) is 2.52. The van der Waals surface area contributed by atoms with Gasteiger partial charge in [0.2, 0.25) is 0 Å². The summed E-state index contributed by atoms with van der Waals surface area (Å²) in [5, 5.41) is 2.88. The summed E-state index contributed by atoms with van der Waals surface area (Å²) in [6.07, 6.45) is -3.46. The molecular weight excluding hydrogens is 327 g/mol. The molecule has 1 aromatic rings. The van der Waals surface area contributed by atoms with Crippen molar-refractivity contribution in [2.24, 2.45) is 0 Å². The lowest BCUT2D eigenvalue weighted by atomic mass is 10.2. The van der Waals surface area contributed by atoms with Crippen molar-refractivity contribution in [2.75, 3.05) is 13.2 Å². The number of unbranched alkanes of at least 4 members (excludes halogenated alkanes) is 1. The Balaban J connectivity index is 2.23. The highest BCUT2D eigenvalue weighted by Crippen LogP contribution is 2.16. The second kappa shape index (κ2) is 9.92. The van der Waals surface area contributed by atoms with E-state index in [9.17, 15) is 22.8 Å². The SMILES string of the molecule is CCCCOc1ccc(CNCCC(=O)OC(=O)C(F)(F)F)cc1. The van der Waals surface area contributed by atoms with Gasteiger partial charge in [0.05, 0.1) is 13.0 Å². The van der Waals surface area contributed by atoms with Crippen molar-refractivity contribution < 1.29 is 32.2 Å². The number of benzene rings is 1. The van der Waals surface area contributed by atoms with Crippen molar-refractivity contribution in [3.8, 4) is 5.75 Å². The standard InChI is InChI=1S/C16H20F3NO4/c1-2-3-10-23-13-6-4-12(5-7-13)11-20-9-8-14(21)24-15(22)16(17,18)19/h4-7,20H,2-3,8-11H2,1H3. The quantitative estimate of drug-likeness (QED) is 0.423. The third kappa shape index (κ3) is 7.96. The number of carbonyl (C=O) groups excluding carboxylic acids is 2. The molecule has 1 N–H and O–H groups in total. The van der Waals surface area contributed by atoms with Crippen molar-refractivity contribution in [2.45, 2.75) is 38.9 Å². The van der Waals surface area contributed by atoms with E-state index in [-0.39, 0.29) is 13.0 Å². The summed E-state index contributed by atoms with van der Waals surface area (Å²) >= 11 is 0. The zero-order chi connectivity index (χ0) is 18.0. The Morgan fingerprint density at radius 2 is 1.83 bits per heavy atom. The lowest BCUT2D eigenvalue weighted by Gasteiger charge is -2.08. The van der Waals surface area contributed by atoms with Gasteiger partial charge in [-0.25, -0.2) is 4.79 Å². The van der Waals surface area contributed by atoms with Crippen molar-refractivity contribution in [1.29, 1.82) is 0 Å². The van der Waals surface area contributed by atoms with E-state index in [1.807, 2.05) is 24.3 Å². The molecule has 0 saturated carbocycles. The first kappa shape index (κ1) is 20.0. The summed E-state index contributed by atoms with van der Waals surface area (Å²) in [5.74, 6) is -2.95. The van der Waals surface area contributed by atoms with Crippen LogP contribution in [0.1, 0.15) is 31.7 Å². The Morgan fingerprint density at radius 1 is 1.17 bits per heavy atom. The zero-order valence-corrected chi connectivity index (χ0v) is 13.3. The molecule has 0 spiro atoms. The summed E-state index contributed by atoms with van der Waals surface area (Å²) < 4.78 is 44.9. The number of alkyl halides is 3. The molecule has 0 radical (unpaired) electrons. The second-order valence-corrected chi connectivity index (χ2v) is 5.03. The molecule has 0 unspecified atom stereocenters. The lowest BCUT2D eigenvalue weighted by Crippen LogP contribution is -2.29. The number of rotatable bonds is 9. The third-order valence-electron chi connectivity index (χ3n) is 2.96. The van der Waals surface area contributed by atoms with E-state index in [1.165, 1.54) is 0 Å². The molecule has 134 valence electrons. The first-order valence-electron chi connectivity index (χ1n) is 7.57. The fraction of sp³-hybridized carbons (Fsp3) is 0.500. The van der Waals surface area contributed by atoms with Crippen LogP contribution >= 0.6 is 0 Å². The molecule has 1 aromatic carbocycles. The number of ether oxygens (including phenoxy) is 2. The minimum absolute atomic E-state index is 0.0960. The Hall–Kier alpha value is -2.09. The maximum atomic E-state index is 11.9. The van der Waals surface area contributed by atoms with Crippen LogP contribution < -0.4 is 10.1 Å². The van der Waals surface area contributed by atoms with E-state index in [4.69, 9.17) is 4.74 Å². The van der Waals surface area contributed by atoms with Crippen molar-refractivity contribution in [1.82, 2.24) is 5.32 Å². The van der Waals surface area contributed by atoms with Gasteiger partial charge in [-0.15, -0.1) is 0 Å². The Kier molecular flexibility index (Phi) is 8.25. The zero-order valence-electron chi connectivity index (χ0n) is 13.3. The van der Waals surface area contributed by atoms with Crippen LogP contribution in [0, 0.1) is 0 Å². The summed E-state index contributed by atoms with van der Waals surface area (Å²) in [5.41, 5.74) is 0.928. The van der Waals surface area contributed by atoms with Crippen molar-refractivity contribution >= 4 is 11.9 Å². The number of carbonyl (C=O) groups is 2. The van der Waals surface area contributed by atoms with Gasteiger partial charge in [-0.3, -0.25) is 4.79 Å². The summed E-state index contributed by atoms with van der Waals surface area (Å²) in [6, 6.07) is 7.34. The van der Waals surface area contributed by atoms with Gasteiger partial charge in [0.25, 0.3) is 0 Å². The van der Waals surface area contributed by atoms with E-state index in [0.29, 0.717) is 13.2 Å². The molecule has 0 amide bonds. The van der Waals surface area contributed by atoms with E-state index in [0.717, 1.165) is 24.2 Å². The predicted octanol–water partition coefficient (Wildman–Crippen LogP) is 2.98. The van der Waals surface area contributed by atoms with Crippen LogP contribution in [0.15, 0.2) is 24.3 Å². The van der Waals surface area contributed by atoms with Crippen LogP contribution in [-0.2, 0) is 20.9 Å². The summed E-state index contributed by atoms with van der Waals surface area (Å²) in [4.78, 5) is 21.5. The molecule has 8 heteroatoms. The van der Waals surface area contributed by atoms with Gasteiger partial charge in [-0.05, 0) is 24.1 Å². The normalized spacial score (nSPS) is 11.2. The van der Waals surface area contributed by atoms with Crippen LogP contribution in [0.3, 0.4) is 0 Å². The molecule has 0 aromatic heterocycles. The molecule has 0 aliphatic carbocycles. The first-order valence-corrected chi connectivity index (χ1v) is 7.57. The Labute approximate surface area is 138 Å². The van der Waals surface area contributed by atoms with Crippen LogP contribution in [-0.4, -0.2) is 31.3 Å². The Morgan fingerprint density at radius 3 is 2.42 bits per heavy atom. The number of hydrogen-bond donors (Lipinski definition) is 1. The molecule has 0 atom stereocenters. The van der Waals surface area contributed by atoms with Gasteiger partial charge < -0.3 is 14.8 Å². The van der Waals surface area contributed by atoms with Gasteiger partial charge in [-0.2, -0.15) is 13.2 Å². The maximum Gasteiger partial charge on any atom is 0.491 e. The molecule has 0 aliphatic rings. The van der Waals surface area contributed by atoms with E-state index < -0.39 is 18.1 Å². The first-order chi connectivity index (χ1) is 11.3. The maximum absolute atomic E-state index is 11.9. The second-order valence-electron chi connectivity index (χ2n) is 5.03. The highest BCUT2D eigenvalue weighted by atomic mass is 19.4. The number of esters is 2. The van der Waals surface area contributed by atoms with Gasteiger partial charge in [0.15, 0.2) is 0 Å². The molecule has 0 heterocycles. The fourth-order valence-corrected chi connectivity index (χ4v) is 1.67.